The zero-order valence-electron chi connectivity index (χ0n) is 33.4. The summed E-state index contributed by atoms with van der Waals surface area (Å²) >= 11 is 0. The van der Waals surface area contributed by atoms with Crippen LogP contribution in [0.15, 0.2) is 60.8 Å². The SMILES string of the molecule is CC(C)C[C@@H]1NC(=O)CCNC(=O)[C@H](Cc2ccccc2)NC(=O)[C@H](Cc2c[nH]c3ccccc23)NC(=O)[C@H](CCC(N)=O)NC(=O)[C@H](CC2CCCCC2)NC1=O. The molecule has 2 fully saturated rings. The third-order valence-corrected chi connectivity index (χ3v) is 10.9. The van der Waals surface area contributed by atoms with Crippen LogP contribution in [0.2, 0.25) is 0 Å². The lowest BCUT2D eigenvalue weighted by atomic mass is 9.84. The summed E-state index contributed by atoms with van der Waals surface area (Å²) in [7, 11) is 0. The number of nitrogens with one attached hydrogen (secondary N) is 7. The Morgan fingerprint density at radius 2 is 1.29 bits per heavy atom. The van der Waals surface area contributed by atoms with Crippen molar-refractivity contribution >= 4 is 52.3 Å². The number of hydrogen-bond donors (Lipinski definition) is 8. The summed E-state index contributed by atoms with van der Waals surface area (Å²) in [6.45, 7) is 3.75. The van der Waals surface area contributed by atoms with Crippen molar-refractivity contribution in [1.29, 1.82) is 0 Å². The topological polar surface area (TPSA) is 233 Å². The molecule has 7 amide bonds. The first-order valence-corrected chi connectivity index (χ1v) is 20.5. The molecule has 0 bridgehead atoms. The minimum Gasteiger partial charge on any atom is -0.370 e. The van der Waals surface area contributed by atoms with Crippen LogP contribution in [0.1, 0.15) is 89.2 Å². The Morgan fingerprint density at radius 3 is 2.00 bits per heavy atom. The van der Waals surface area contributed by atoms with E-state index in [4.69, 9.17) is 5.73 Å². The molecule has 2 heterocycles. The van der Waals surface area contributed by atoms with E-state index in [9.17, 15) is 33.6 Å². The summed E-state index contributed by atoms with van der Waals surface area (Å²) in [5.41, 5.74) is 7.81. The Labute approximate surface area is 339 Å². The van der Waals surface area contributed by atoms with Crippen molar-refractivity contribution in [2.45, 2.75) is 121 Å². The maximum Gasteiger partial charge on any atom is 0.243 e. The third kappa shape index (κ3) is 12.9. The van der Waals surface area contributed by atoms with Gasteiger partial charge < -0.3 is 42.6 Å². The van der Waals surface area contributed by atoms with E-state index >= 15 is 0 Å². The third-order valence-electron chi connectivity index (χ3n) is 10.9. The lowest BCUT2D eigenvalue weighted by Crippen LogP contribution is -2.59. The highest BCUT2D eigenvalue weighted by Crippen LogP contribution is 2.28. The summed E-state index contributed by atoms with van der Waals surface area (Å²) in [4.78, 5) is 99.0. The van der Waals surface area contributed by atoms with Gasteiger partial charge in [0.15, 0.2) is 0 Å². The summed E-state index contributed by atoms with van der Waals surface area (Å²) in [5, 5.41) is 17.7. The highest BCUT2D eigenvalue weighted by atomic mass is 16.2. The number of aromatic nitrogens is 1. The van der Waals surface area contributed by atoms with Crippen LogP contribution >= 0.6 is 0 Å². The van der Waals surface area contributed by atoms with Gasteiger partial charge in [0, 0.05) is 49.3 Å². The predicted octanol–water partition coefficient (Wildman–Crippen LogP) is 2.18. The summed E-state index contributed by atoms with van der Waals surface area (Å²) in [5.74, 6) is -4.16. The molecule has 0 spiro atoms. The van der Waals surface area contributed by atoms with Crippen LogP contribution in [-0.2, 0) is 46.4 Å². The van der Waals surface area contributed by atoms with Gasteiger partial charge in [-0.15, -0.1) is 0 Å². The van der Waals surface area contributed by atoms with E-state index < -0.39 is 71.6 Å². The molecule has 15 heteroatoms. The van der Waals surface area contributed by atoms with Crippen molar-refractivity contribution in [2.75, 3.05) is 6.54 Å². The van der Waals surface area contributed by atoms with Gasteiger partial charge in [0.2, 0.25) is 41.4 Å². The maximum atomic E-state index is 14.3. The van der Waals surface area contributed by atoms with Crippen molar-refractivity contribution in [2.24, 2.45) is 17.6 Å². The monoisotopic (exact) mass is 798 g/mol. The molecule has 1 saturated carbocycles. The number of hydrogen-bond acceptors (Lipinski definition) is 7. The van der Waals surface area contributed by atoms with Crippen molar-refractivity contribution in [3.63, 3.8) is 0 Å². The number of aromatic amines is 1. The fourth-order valence-electron chi connectivity index (χ4n) is 7.81. The van der Waals surface area contributed by atoms with E-state index in [1.165, 1.54) is 0 Å². The Morgan fingerprint density at radius 1 is 0.690 bits per heavy atom. The van der Waals surface area contributed by atoms with Gasteiger partial charge in [-0.25, -0.2) is 0 Å². The van der Waals surface area contributed by atoms with Crippen LogP contribution in [-0.4, -0.2) is 83.1 Å². The Balaban J connectivity index is 1.51. The standard InChI is InChI=1S/C43H58N8O7/c1-26(2)21-33-41(56)50-35(23-28-13-7-4-8-14-28)42(57)48-32(17-18-37(44)52)40(55)51-36(24-29-25-46-31-16-10-9-15-30(29)31)43(58)49-34(22-27-11-5-3-6-12-27)39(54)45-20-19-38(53)47-33/h3,5-6,9-12,15-16,25-26,28,32-36,46H,4,7-8,13-14,17-24H2,1-2H3,(H2,44,52)(H,45,54)(H,47,53)(H,48,57)(H,49,58)(H,50,56)(H,51,55)/t32-,33-,34-,35-,36-/m0/s1. The highest BCUT2D eigenvalue weighted by molar-refractivity contribution is 5.97. The first-order chi connectivity index (χ1) is 27.9. The number of fused-ring (bicyclic) bond motifs is 1. The summed E-state index contributed by atoms with van der Waals surface area (Å²) in [6, 6.07) is 10.9. The molecule has 0 radical (unpaired) electrons. The molecule has 312 valence electrons. The van der Waals surface area contributed by atoms with Crippen LogP contribution in [0, 0.1) is 11.8 Å². The maximum absolute atomic E-state index is 14.3. The second kappa shape index (κ2) is 21.1. The zero-order chi connectivity index (χ0) is 41.6. The number of carbonyl (C=O) groups excluding carboxylic acids is 7. The van der Waals surface area contributed by atoms with Gasteiger partial charge in [0.05, 0.1) is 0 Å². The van der Waals surface area contributed by atoms with Crippen LogP contribution < -0.4 is 37.6 Å². The second-order valence-electron chi connectivity index (χ2n) is 16.0. The number of rotatable bonds is 11. The minimum atomic E-state index is -1.32. The summed E-state index contributed by atoms with van der Waals surface area (Å²) < 4.78 is 0. The van der Waals surface area contributed by atoms with Gasteiger partial charge in [0.25, 0.3) is 0 Å². The molecule has 58 heavy (non-hydrogen) atoms. The number of para-hydroxylation sites is 1. The average Bonchev–Trinajstić information content (AvgIpc) is 3.60. The molecule has 0 unspecified atom stereocenters. The van der Waals surface area contributed by atoms with Gasteiger partial charge >= 0.3 is 0 Å². The smallest absolute Gasteiger partial charge is 0.243 e. The van der Waals surface area contributed by atoms with Crippen molar-refractivity contribution in [3.8, 4) is 0 Å². The first-order valence-electron chi connectivity index (χ1n) is 20.5. The fourth-order valence-corrected chi connectivity index (χ4v) is 7.81. The predicted molar refractivity (Wildman–Crippen MR) is 219 cm³/mol. The summed E-state index contributed by atoms with van der Waals surface area (Å²) in [6.07, 6.45) is 6.69. The molecule has 2 aliphatic rings. The molecule has 3 aromatic rings. The molecule has 15 nitrogen and oxygen atoms in total. The number of carbonyl (C=O) groups is 7. The van der Waals surface area contributed by atoms with E-state index in [0.717, 1.165) is 48.6 Å². The van der Waals surface area contributed by atoms with E-state index in [1.807, 2.05) is 68.4 Å². The van der Waals surface area contributed by atoms with E-state index in [1.54, 1.807) is 6.20 Å². The Hall–Kier alpha value is -5.73. The van der Waals surface area contributed by atoms with E-state index in [2.05, 4.69) is 36.9 Å². The highest BCUT2D eigenvalue weighted by Gasteiger charge is 2.35. The van der Waals surface area contributed by atoms with Gasteiger partial charge in [-0.2, -0.15) is 0 Å². The van der Waals surface area contributed by atoms with E-state index in [-0.39, 0.29) is 56.9 Å². The molecule has 1 aliphatic heterocycles. The average molecular weight is 799 g/mol. The molecule has 2 aromatic carbocycles. The van der Waals surface area contributed by atoms with Crippen molar-refractivity contribution in [3.05, 3.63) is 71.9 Å². The van der Waals surface area contributed by atoms with Crippen LogP contribution in [0.25, 0.3) is 10.9 Å². The number of nitrogens with two attached hydrogens (primary N) is 1. The zero-order valence-corrected chi connectivity index (χ0v) is 33.4. The second-order valence-corrected chi connectivity index (χ2v) is 16.0. The number of benzene rings is 2. The Bertz CT molecular complexity index is 1910. The van der Waals surface area contributed by atoms with Gasteiger partial charge in [-0.05, 0) is 48.3 Å². The van der Waals surface area contributed by atoms with E-state index in [0.29, 0.717) is 12.0 Å². The molecular formula is C43H58N8O7. The lowest BCUT2D eigenvalue weighted by molar-refractivity contribution is -0.135. The number of primary amides is 1. The fraction of sp³-hybridized carbons (Fsp3) is 0.512. The molecule has 1 saturated heterocycles. The van der Waals surface area contributed by atoms with Crippen LogP contribution in [0.3, 0.4) is 0 Å². The number of H-pyrrole nitrogens is 1. The largest absolute Gasteiger partial charge is 0.370 e. The number of amides is 7. The van der Waals surface area contributed by atoms with Crippen molar-refractivity contribution in [1.82, 2.24) is 36.9 Å². The molecule has 1 aliphatic carbocycles. The van der Waals surface area contributed by atoms with Gasteiger partial charge in [-0.3, -0.25) is 33.6 Å². The van der Waals surface area contributed by atoms with Gasteiger partial charge in [0.1, 0.15) is 30.2 Å². The van der Waals surface area contributed by atoms with Gasteiger partial charge in [-0.1, -0.05) is 94.5 Å². The Kier molecular flexibility index (Phi) is 15.8. The van der Waals surface area contributed by atoms with Crippen LogP contribution in [0.4, 0.5) is 0 Å². The lowest BCUT2D eigenvalue weighted by Gasteiger charge is -2.30. The molecule has 9 N–H and O–H groups in total. The quantitative estimate of drug-likeness (QED) is 0.144. The van der Waals surface area contributed by atoms with Crippen LogP contribution in [0.5, 0.6) is 0 Å². The molecule has 1 aromatic heterocycles. The van der Waals surface area contributed by atoms with Crippen molar-refractivity contribution < 1.29 is 33.6 Å². The molecular weight excluding hydrogens is 741 g/mol. The molecule has 5 atom stereocenters. The first kappa shape index (κ1) is 43.4. The normalized spacial score (nSPS) is 23.7. The minimum absolute atomic E-state index is 0.00409. The molecule has 5 rings (SSSR count).